The Morgan fingerprint density at radius 2 is 2.38 bits per heavy atom. The highest BCUT2D eigenvalue weighted by atomic mass is 16.5. The van der Waals surface area contributed by atoms with Crippen LogP contribution < -0.4 is 0 Å². The molecule has 1 atom stereocenters. The van der Waals surface area contributed by atoms with Crippen LogP contribution in [0.1, 0.15) is 20.3 Å². The number of rotatable bonds is 3. The molecular weight excluding hydrogens is 170 g/mol. The topological polar surface area (TPSA) is 49.8 Å². The first kappa shape index (κ1) is 10.5. The summed E-state index contributed by atoms with van der Waals surface area (Å²) >= 11 is 0. The molecule has 4 heteroatoms. The van der Waals surface area contributed by atoms with Gasteiger partial charge in [0.05, 0.1) is 12.2 Å². The van der Waals surface area contributed by atoms with Crippen molar-refractivity contribution in [2.45, 2.75) is 32.5 Å². The van der Waals surface area contributed by atoms with Crippen LogP contribution in [0.25, 0.3) is 0 Å². The van der Waals surface area contributed by atoms with Crippen LogP contribution in [0.15, 0.2) is 0 Å². The zero-order valence-corrected chi connectivity index (χ0v) is 8.19. The van der Waals surface area contributed by atoms with E-state index in [4.69, 9.17) is 4.74 Å². The van der Waals surface area contributed by atoms with Gasteiger partial charge in [-0.1, -0.05) is 0 Å². The Labute approximate surface area is 78.5 Å². The van der Waals surface area contributed by atoms with Crippen LogP contribution in [-0.2, 0) is 9.53 Å². The standard InChI is InChI=1S/C9H17NO3/c1-7(2)13-6-9(12)10-4-3-8(11)5-10/h7-8,11H,3-6H2,1-2H3. The highest BCUT2D eigenvalue weighted by Crippen LogP contribution is 2.08. The summed E-state index contributed by atoms with van der Waals surface area (Å²) in [6.45, 7) is 5.03. The number of ether oxygens (including phenoxy) is 1. The molecule has 1 aliphatic heterocycles. The molecule has 0 aromatic carbocycles. The average Bonchev–Trinajstić information content (AvgIpc) is 2.47. The number of aliphatic hydroxyl groups excluding tert-OH is 1. The van der Waals surface area contributed by atoms with E-state index in [1.54, 1.807) is 4.90 Å². The number of β-amino-alcohol motifs (C(OH)–C–C–N with tert-alkyl or cyclic N) is 1. The minimum absolute atomic E-state index is 0.0229. The maximum absolute atomic E-state index is 11.4. The first-order valence-corrected chi connectivity index (χ1v) is 4.67. The fraction of sp³-hybridized carbons (Fsp3) is 0.889. The van der Waals surface area contributed by atoms with Gasteiger partial charge < -0.3 is 14.7 Å². The number of carbonyl (C=O) groups is 1. The lowest BCUT2D eigenvalue weighted by Gasteiger charge is -2.16. The quantitative estimate of drug-likeness (QED) is 0.677. The second-order valence-corrected chi connectivity index (χ2v) is 3.64. The van der Waals surface area contributed by atoms with E-state index < -0.39 is 0 Å². The van der Waals surface area contributed by atoms with E-state index in [0.29, 0.717) is 19.5 Å². The van der Waals surface area contributed by atoms with Gasteiger partial charge >= 0.3 is 0 Å². The Morgan fingerprint density at radius 1 is 1.69 bits per heavy atom. The molecule has 0 bridgehead atoms. The van der Waals surface area contributed by atoms with Gasteiger partial charge in [-0.25, -0.2) is 0 Å². The molecule has 1 saturated heterocycles. The van der Waals surface area contributed by atoms with Gasteiger partial charge in [-0.3, -0.25) is 4.79 Å². The average molecular weight is 187 g/mol. The fourth-order valence-electron chi connectivity index (χ4n) is 1.30. The molecule has 13 heavy (non-hydrogen) atoms. The molecule has 1 fully saturated rings. The zero-order valence-electron chi connectivity index (χ0n) is 8.19. The third-order valence-corrected chi connectivity index (χ3v) is 2.06. The molecule has 0 spiro atoms. The lowest BCUT2D eigenvalue weighted by Crippen LogP contribution is -2.33. The van der Waals surface area contributed by atoms with E-state index in [0.717, 1.165) is 0 Å². The molecule has 0 saturated carbocycles. The van der Waals surface area contributed by atoms with E-state index in [2.05, 4.69) is 0 Å². The van der Waals surface area contributed by atoms with Crippen molar-refractivity contribution < 1.29 is 14.6 Å². The number of likely N-dealkylation sites (tertiary alicyclic amines) is 1. The molecule has 0 aromatic heterocycles. The molecule has 1 unspecified atom stereocenters. The van der Waals surface area contributed by atoms with Gasteiger partial charge in [-0.05, 0) is 20.3 Å². The van der Waals surface area contributed by atoms with Crippen LogP contribution in [0, 0.1) is 0 Å². The van der Waals surface area contributed by atoms with Crippen molar-refractivity contribution in [1.82, 2.24) is 4.90 Å². The van der Waals surface area contributed by atoms with E-state index in [9.17, 15) is 9.90 Å². The van der Waals surface area contributed by atoms with Crippen LogP contribution in [0.4, 0.5) is 0 Å². The third-order valence-electron chi connectivity index (χ3n) is 2.06. The van der Waals surface area contributed by atoms with Crippen LogP contribution in [-0.4, -0.2) is 47.8 Å². The highest BCUT2D eigenvalue weighted by Gasteiger charge is 2.24. The monoisotopic (exact) mass is 187 g/mol. The second-order valence-electron chi connectivity index (χ2n) is 3.64. The van der Waals surface area contributed by atoms with Crippen molar-refractivity contribution in [3.8, 4) is 0 Å². The molecular formula is C9H17NO3. The van der Waals surface area contributed by atoms with E-state index in [-0.39, 0.29) is 24.7 Å². The number of amides is 1. The van der Waals surface area contributed by atoms with Gasteiger partial charge in [0.1, 0.15) is 6.61 Å². The molecule has 1 heterocycles. The summed E-state index contributed by atoms with van der Waals surface area (Å²) in [5, 5.41) is 9.19. The number of carbonyl (C=O) groups excluding carboxylic acids is 1. The molecule has 1 amide bonds. The van der Waals surface area contributed by atoms with Crippen molar-refractivity contribution in [3.63, 3.8) is 0 Å². The van der Waals surface area contributed by atoms with Crippen LogP contribution in [0.3, 0.4) is 0 Å². The summed E-state index contributed by atoms with van der Waals surface area (Å²) in [7, 11) is 0. The maximum atomic E-state index is 11.4. The summed E-state index contributed by atoms with van der Waals surface area (Å²) < 4.78 is 5.18. The van der Waals surface area contributed by atoms with Crippen molar-refractivity contribution >= 4 is 5.91 Å². The summed E-state index contributed by atoms with van der Waals surface area (Å²) in [6.07, 6.45) is 0.424. The third kappa shape index (κ3) is 3.32. The molecule has 0 aliphatic carbocycles. The van der Waals surface area contributed by atoms with Gasteiger partial charge in [0.2, 0.25) is 5.91 Å². The molecule has 76 valence electrons. The lowest BCUT2D eigenvalue weighted by atomic mass is 10.3. The molecule has 1 rings (SSSR count). The number of nitrogens with zero attached hydrogens (tertiary/aromatic N) is 1. The molecule has 0 aromatic rings. The normalized spacial score (nSPS) is 22.8. The van der Waals surface area contributed by atoms with Gasteiger partial charge in [-0.15, -0.1) is 0 Å². The minimum Gasteiger partial charge on any atom is -0.391 e. The van der Waals surface area contributed by atoms with E-state index in [1.807, 2.05) is 13.8 Å². The predicted octanol–water partition coefficient (Wildman–Crippen LogP) is 0.00460. The Balaban J connectivity index is 2.24. The molecule has 0 radical (unpaired) electrons. The summed E-state index contributed by atoms with van der Waals surface area (Å²) in [5.41, 5.74) is 0. The number of hydrogen-bond acceptors (Lipinski definition) is 3. The molecule has 1 aliphatic rings. The Bertz CT molecular complexity index is 182. The molecule has 4 nitrogen and oxygen atoms in total. The zero-order chi connectivity index (χ0) is 9.84. The van der Waals surface area contributed by atoms with Crippen molar-refractivity contribution in [3.05, 3.63) is 0 Å². The highest BCUT2D eigenvalue weighted by molar-refractivity contribution is 5.77. The van der Waals surface area contributed by atoms with E-state index in [1.165, 1.54) is 0 Å². The maximum Gasteiger partial charge on any atom is 0.248 e. The second kappa shape index (κ2) is 4.58. The van der Waals surface area contributed by atoms with E-state index >= 15 is 0 Å². The lowest BCUT2D eigenvalue weighted by molar-refractivity contribution is -0.136. The summed E-state index contributed by atoms with van der Waals surface area (Å²) in [5.74, 6) is -0.0229. The van der Waals surface area contributed by atoms with Gasteiger partial charge in [0.25, 0.3) is 0 Å². The summed E-state index contributed by atoms with van der Waals surface area (Å²) in [6, 6.07) is 0. The SMILES string of the molecule is CC(C)OCC(=O)N1CCC(O)C1. The van der Waals surface area contributed by atoms with Crippen molar-refractivity contribution in [2.24, 2.45) is 0 Å². The first-order chi connectivity index (χ1) is 6.09. The van der Waals surface area contributed by atoms with Crippen molar-refractivity contribution in [2.75, 3.05) is 19.7 Å². The van der Waals surface area contributed by atoms with Gasteiger partial charge in [-0.2, -0.15) is 0 Å². The Morgan fingerprint density at radius 3 is 2.85 bits per heavy atom. The first-order valence-electron chi connectivity index (χ1n) is 4.67. The Hall–Kier alpha value is -0.610. The number of hydrogen-bond donors (Lipinski definition) is 1. The largest absolute Gasteiger partial charge is 0.391 e. The minimum atomic E-state index is -0.344. The van der Waals surface area contributed by atoms with Gasteiger partial charge in [0.15, 0.2) is 0 Å². The van der Waals surface area contributed by atoms with Crippen LogP contribution in [0.5, 0.6) is 0 Å². The summed E-state index contributed by atoms with van der Waals surface area (Å²) in [4.78, 5) is 13.0. The smallest absolute Gasteiger partial charge is 0.248 e. The van der Waals surface area contributed by atoms with Crippen LogP contribution in [0.2, 0.25) is 0 Å². The van der Waals surface area contributed by atoms with Crippen molar-refractivity contribution in [1.29, 1.82) is 0 Å². The number of aliphatic hydroxyl groups is 1. The van der Waals surface area contributed by atoms with Gasteiger partial charge in [0, 0.05) is 13.1 Å². The molecule has 1 N–H and O–H groups in total. The fourth-order valence-corrected chi connectivity index (χ4v) is 1.30. The Kier molecular flexibility index (Phi) is 3.69. The predicted molar refractivity (Wildman–Crippen MR) is 48.3 cm³/mol. The van der Waals surface area contributed by atoms with Crippen LogP contribution >= 0.6 is 0 Å².